The van der Waals surface area contributed by atoms with Crippen molar-refractivity contribution < 1.29 is 14.7 Å². The molecule has 0 spiro atoms. The molecule has 0 saturated carbocycles. The zero-order chi connectivity index (χ0) is 12.7. The Hall–Kier alpha value is -1.58. The minimum absolute atomic E-state index is 0.0452. The van der Waals surface area contributed by atoms with Crippen LogP contribution in [0.15, 0.2) is 23.9 Å². The van der Waals surface area contributed by atoms with Gasteiger partial charge in [-0.1, -0.05) is 26.0 Å². The Morgan fingerprint density at radius 1 is 1.31 bits per heavy atom. The van der Waals surface area contributed by atoms with E-state index in [0.29, 0.717) is 5.70 Å². The van der Waals surface area contributed by atoms with Crippen molar-refractivity contribution in [3.8, 4) is 0 Å². The molecule has 0 radical (unpaired) electrons. The number of allylic oxidation sites excluding steroid dienone is 3. The van der Waals surface area contributed by atoms with Gasteiger partial charge >= 0.3 is 5.97 Å². The second kappa shape index (κ2) is 6.82. The van der Waals surface area contributed by atoms with Crippen molar-refractivity contribution in [3.05, 3.63) is 23.9 Å². The molecular formula is C12H19NO3. The SMILES string of the molecule is C/C=C/[C@@H](C)[C@@H](C)/C(=C/C(=O)O)NC(C)=O. The first-order valence-corrected chi connectivity index (χ1v) is 5.23. The number of carboxylic acids is 1. The summed E-state index contributed by atoms with van der Waals surface area (Å²) in [5, 5.41) is 11.3. The van der Waals surface area contributed by atoms with E-state index in [2.05, 4.69) is 5.32 Å². The molecule has 0 aromatic heterocycles. The summed E-state index contributed by atoms with van der Waals surface area (Å²) in [6.45, 7) is 7.13. The molecule has 0 aromatic carbocycles. The number of aliphatic carboxylic acids is 1. The molecule has 0 rings (SSSR count). The van der Waals surface area contributed by atoms with Crippen molar-refractivity contribution in [3.63, 3.8) is 0 Å². The minimum atomic E-state index is -1.05. The van der Waals surface area contributed by atoms with Gasteiger partial charge in [-0.2, -0.15) is 0 Å². The van der Waals surface area contributed by atoms with Crippen molar-refractivity contribution in [2.45, 2.75) is 27.7 Å². The van der Waals surface area contributed by atoms with E-state index in [0.717, 1.165) is 6.08 Å². The van der Waals surface area contributed by atoms with E-state index in [1.807, 2.05) is 32.9 Å². The third kappa shape index (κ3) is 5.34. The fourth-order valence-corrected chi connectivity index (χ4v) is 1.37. The van der Waals surface area contributed by atoms with E-state index in [1.165, 1.54) is 6.92 Å². The Kier molecular flexibility index (Phi) is 6.15. The highest BCUT2D eigenvalue weighted by Gasteiger charge is 2.16. The smallest absolute Gasteiger partial charge is 0.330 e. The van der Waals surface area contributed by atoms with Gasteiger partial charge in [0.1, 0.15) is 0 Å². The first-order chi connectivity index (χ1) is 7.38. The maximum atomic E-state index is 11.0. The quantitative estimate of drug-likeness (QED) is 0.555. The van der Waals surface area contributed by atoms with Gasteiger partial charge in [0.25, 0.3) is 0 Å². The lowest BCUT2D eigenvalue weighted by molar-refractivity contribution is -0.131. The molecule has 0 aliphatic carbocycles. The Bertz CT molecular complexity index is 318. The van der Waals surface area contributed by atoms with Gasteiger partial charge in [0.05, 0.1) is 0 Å². The Morgan fingerprint density at radius 2 is 1.88 bits per heavy atom. The van der Waals surface area contributed by atoms with Gasteiger partial charge in [-0.3, -0.25) is 4.79 Å². The summed E-state index contributed by atoms with van der Waals surface area (Å²) in [5.41, 5.74) is 0.436. The molecule has 0 bridgehead atoms. The zero-order valence-electron chi connectivity index (χ0n) is 10.2. The van der Waals surface area contributed by atoms with E-state index in [-0.39, 0.29) is 17.7 Å². The van der Waals surface area contributed by atoms with Gasteiger partial charge in [0.15, 0.2) is 0 Å². The maximum Gasteiger partial charge on any atom is 0.330 e. The number of amides is 1. The second-order valence-corrected chi connectivity index (χ2v) is 3.79. The first-order valence-electron chi connectivity index (χ1n) is 5.23. The van der Waals surface area contributed by atoms with Gasteiger partial charge in [-0.15, -0.1) is 0 Å². The summed E-state index contributed by atoms with van der Waals surface area (Å²) in [6.07, 6.45) is 4.93. The van der Waals surface area contributed by atoms with Crippen LogP contribution in [0.3, 0.4) is 0 Å². The molecule has 1 amide bonds. The van der Waals surface area contributed by atoms with Crippen LogP contribution < -0.4 is 5.32 Å². The summed E-state index contributed by atoms with van der Waals surface area (Å²) in [7, 11) is 0. The van der Waals surface area contributed by atoms with Gasteiger partial charge in [-0.05, 0) is 12.8 Å². The molecule has 2 N–H and O–H groups in total. The number of nitrogens with one attached hydrogen (secondary N) is 1. The lowest BCUT2D eigenvalue weighted by atomic mass is 9.92. The number of carbonyl (C=O) groups is 2. The highest BCUT2D eigenvalue weighted by Crippen LogP contribution is 2.19. The Labute approximate surface area is 96.0 Å². The molecule has 0 fully saturated rings. The van der Waals surface area contributed by atoms with E-state index in [9.17, 15) is 9.59 Å². The van der Waals surface area contributed by atoms with Crippen molar-refractivity contribution in [2.75, 3.05) is 0 Å². The number of carbonyl (C=O) groups excluding carboxylic acids is 1. The molecule has 2 atom stereocenters. The Balaban J connectivity index is 4.88. The predicted molar refractivity (Wildman–Crippen MR) is 62.7 cm³/mol. The molecule has 4 nitrogen and oxygen atoms in total. The highest BCUT2D eigenvalue weighted by molar-refractivity contribution is 5.83. The third-order valence-corrected chi connectivity index (χ3v) is 2.37. The van der Waals surface area contributed by atoms with Gasteiger partial charge < -0.3 is 10.4 Å². The van der Waals surface area contributed by atoms with Crippen LogP contribution in [0.5, 0.6) is 0 Å². The standard InChI is InChI=1S/C12H19NO3/c1-5-6-8(2)9(3)11(7-12(15)16)13-10(4)14/h5-9H,1-4H3,(H,13,14)(H,15,16)/b6-5+,11-7-/t8-,9-/m1/s1. The van der Waals surface area contributed by atoms with Crippen LogP contribution >= 0.6 is 0 Å². The van der Waals surface area contributed by atoms with E-state index in [1.54, 1.807) is 0 Å². The molecule has 0 saturated heterocycles. The van der Waals surface area contributed by atoms with E-state index < -0.39 is 5.97 Å². The van der Waals surface area contributed by atoms with E-state index >= 15 is 0 Å². The molecule has 0 aromatic rings. The van der Waals surface area contributed by atoms with E-state index in [4.69, 9.17) is 5.11 Å². The average Bonchev–Trinajstić information content (AvgIpc) is 2.14. The molecule has 90 valence electrons. The van der Waals surface area contributed by atoms with Gasteiger partial charge in [0.2, 0.25) is 5.91 Å². The van der Waals surface area contributed by atoms with Crippen molar-refractivity contribution in [1.29, 1.82) is 0 Å². The number of hydrogen-bond donors (Lipinski definition) is 2. The van der Waals surface area contributed by atoms with Crippen LogP contribution in [0.1, 0.15) is 27.7 Å². The molecule has 4 heteroatoms. The van der Waals surface area contributed by atoms with Gasteiger partial charge in [0, 0.05) is 24.6 Å². The highest BCUT2D eigenvalue weighted by atomic mass is 16.4. The van der Waals surface area contributed by atoms with Crippen LogP contribution in [0.4, 0.5) is 0 Å². The lowest BCUT2D eigenvalue weighted by Crippen LogP contribution is -2.27. The molecular weight excluding hydrogens is 206 g/mol. The topological polar surface area (TPSA) is 66.4 Å². The summed E-state index contributed by atoms with van der Waals surface area (Å²) < 4.78 is 0. The predicted octanol–water partition coefficient (Wildman–Crippen LogP) is 1.94. The van der Waals surface area contributed by atoms with Crippen molar-refractivity contribution >= 4 is 11.9 Å². The zero-order valence-corrected chi connectivity index (χ0v) is 10.2. The molecule has 0 heterocycles. The fourth-order valence-electron chi connectivity index (χ4n) is 1.37. The van der Waals surface area contributed by atoms with Crippen LogP contribution in [0, 0.1) is 11.8 Å². The number of hydrogen-bond acceptors (Lipinski definition) is 2. The summed E-state index contributed by atoms with van der Waals surface area (Å²) in [5.74, 6) is -1.19. The normalized spacial score (nSPS) is 15.9. The van der Waals surface area contributed by atoms with Crippen LogP contribution in [-0.2, 0) is 9.59 Å². The summed E-state index contributed by atoms with van der Waals surface area (Å²) in [6, 6.07) is 0. The molecule has 0 aliphatic rings. The number of carboxylic acid groups (broad SMARTS) is 1. The van der Waals surface area contributed by atoms with Crippen LogP contribution in [0.2, 0.25) is 0 Å². The Morgan fingerprint density at radius 3 is 2.25 bits per heavy atom. The van der Waals surface area contributed by atoms with Crippen molar-refractivity contribution in [1.82, 2.24) is 5.32 Å². The number of rotatable bonds is 5. The molecule has 0 unspecified atom stereocenters. The molecule has 16 heavy (non-hydrogen) atoms. The second-order valence-electron chi connectivity index (χ2n) is 3.79. The summed E-state index contributed by atoms with van der Waals surface area (Å²) in [4.78, 5) is 21.6. The van der Waals surface area contributed by atoms with Gasteiger partial charge in [-0.25, -0.2) is 4.79 Å². The maximum absolute atomic E-state index is 11.0. The monoisotopic (exact) mass is 225 g/mol. The van der Waals surface area contributed by atoms with Crippen LogP contribution in [0.25, 0.3) is 0 Å². The summed E-state index contributed by atoms with van der Waals surface area (Å²) >= 11 is 0. The fraction of sp³-hybridized carbons (Fsp3) is 0.500. The first kappa shape index (κ1) is 14.4. The largest absolute Gasteiger partial charge is 0.478 e. The average molecular weight is 225 g/mol. The minimum Gasteiger partial charge on any atom is -0.478 e. The third-order valence-electron chi connectivity index (χ3n) is 2.37. The van der Waals surface area contributed by atoms with Crippen molar-refractivity contribution in [2.24, 2.45) is 11.8 Å². The molecule has 0 aliphatic heterocycles. The lowest BCUT2D eigenvalue weighted by Gasteiger charge is -2.20. The van der Waals surface area contributed by atoms with Crippen LogP contribution in [-0.4, -0.2) is 17.0 Å².